The molecule has 0 unspecified atom stereocenters. The second-order valence-corrected chi connectivity index (χ2v) is 6.33. The minimum absolute atomic E-state index is 0.0253. The van der Waals surface area contributed by atoms with Gasteiger partial charge >= 0.3 is 5.97 Å². The zero-order chi connectivity index (χ0) is 14.6. The fraction of sp³-hybridized carbons (Fsp3) is 0.923. The van der Waals surface area contributed by atoms with Crippen molar-refractivity contribution in [1.29, 1.82) is 0 Å². The van der Waals surface area contributed by atoms with Gasteiger partial charge in [-0.3, -0.25) is 9.80 Å². The molecule has 110 valence electrons. The van der Waals surface area contributed by atoms with Crippen LogP contribution in [0.25, 0.3) is 0 Å². The number of nitrogens with zero attached hydrogens (tertiary/aromatic N) is 3. The van der Waals surface area contributed by atoms with Crippen molar-refractivity contribution in [3.05, 3.63) is 0 Å². The van der Waals surface area contributed by atoms with Gasteiger partial charge in [0, 0.05) is 12.3 Å². The van der Waals surface area contributed by atoms with Gasteiger partial charge in [0.2, 0.25) is 0 Å². The Bertz CT molecular complexity index is 339. The van der Waals surface area contributed by atoms with Crippen molar-refractivity contribution in [3.63, 3.8) is 0 Å². The minimum atomic E-state index is -0.708. The normalized spacial score (nSPS) is 28.4. The first kappa shape index (κ1) is 15.7. The van der Waals surface area contributed by atoms with Gasteiger partial charge in [-0.25, -0.2) is 0 Å². The molecule has 1 fully saturated rings. The van der Waals surface area contributed by atoms with Gasteiger partial charge in [-0.15, -0.1) is 0 Å². The van der Waals surface area contributed by atoms with Gasteiger partial charge in [0.25, 0.3) is 0 Å². The summed E-state index contributed by atoms with van der Waals surface area (Å²) in [6.07, 6.45) is 2.06. The summed E-state index contributed by atoms with van der Waals surface area (Å²) in [4.78, 5) is 16.4. The fourth-order valence-corrected chi connectivity index (χ4v) is 2.09. The maximum atomic E-state index is 11.0. The highest BCUT2D eigenvalue weighted by Crippen LogP contribution is 2.31. The van der Waals surface area contributed by atoms with E-state index in [0.717, 1.165) is 12.8 Å². The van der Waals surface area contributed by atoms with Gasteiger partial charge in [-0.05, 0) is 51.2 Å². The highest BCUT2D eigenvalue weighted by atomic mass is 16.7. The van der Waals surface area contributed by atoms with Crippen molar-refractivity contribution in [2.24, 2.45) is 22.3 Å². The Balaban J connectivity index is 2.41. The molecule has 1 aliphatic carbocycles. The highest BCUT2D eigenvalue weighted by Gasteiger charge is 2.33. The smallest absolute Gasteiger partial charge is 0.306 e. The Morgan fingerprint density at radius 2 is 2.00 bits per heavy atom. The van der Waals surface area contributed by atoms with E-state index in [-0.39, 0.29) is 23.5 Å². The Kier molecular flexibility index (Phi) is 5.14. The average Bonchev–Trinajstić information content (AvgIpc) is 2.27. The van der Waals surface area contributed by atoms with Crippen LogP contribution in [0.2, 0.25) is 0 Å². The third-order valence-corrected chi connectivity index (χ3v) is 3.78. The number of rotatable bonds is 4. The van der Waals surface area contributed by atoms with E-state index in [1.165, 1.54) is 0 Å². The fourth-order valence-electron chi connectivity index (χ4n) is 2.09. The van der Waals surface area contributed by atoms with E-state index in [4.69, 9.17) is 9.94 Å². The Morgan fingerprint density at radius 3 is 2.47 bits per heavy atom. The Morgan fingerprint density at radius 1 is 1.37 bits per heavy atom. The van der Waals surface area contributed by atoms with E-state index in [1.807, 2.05) is 34.7 Å². The summed E-state index contributed by atoms with van der Waals surface area (Å²) in [6, 6.07) is 0. The highest BCUT2D eigenvalue weighted by molar-refractivity contribution is 5.70. The van der Waals surface area contributed by atoms with E-state index < -0.39 is 5.97 Å². The van der Waals surface area contributed by atoms with Crippen LogP contribution >= 0.6 is 0 Å². The summed E-state index contributed by atoms with van der Waals surface area (Å²) in [5.74, 6) is -0.846. The van der Waals surface area contributed by atoms with Crippen LogP contribution in [0.15, 0.2) is 10.5 Å². The lowest BCUT2D eigenvalue weighted by Crippen LogP contribution is -2.34. The Labute approximate surface area is 114 Å². The number of carboxylic acid groups (broad SMARTS) is 1. The zero-order valence-electron chi connectivity index (χ0n) is 12.5. The van der Waals surface area contributed by atoms with Crippen molar-refractivity contribution in [2.45, 2.75) is 58.6 Å². The van der Waals surface area contributed by atoms with Gasteiger partial charge < -0.3 is 9.94 Å². The summed E-state index contributed by atoms with van der Waals surface area (Å²) in [7, 11) is 1.84. The average molecular weight is 271 g/mol. The van der Waals surface area contributed by atoms with Crippen LogP contribution in [0.4, 0.5) is 0 Å². The molecular formula is C13H25N3O3. The van der Waals surface area contributed by atoms with Gasteiger partial charge in [-0.2, -0.15) is 0 Å². The number of hydrogen-bond acceptors (Lipinski definition) is 4. The SMILES string of the molecule is C[C@H]1C[C@H](O/N=N/N(C)C(C)(C)C)CC[C@H]1C(=O)O. The molecule has 1 saturated carbocycles. The van der Waals surface area contributed by atoms with Crippen molar-refractivity contribution >= 4 is 5.97 Å². The van der Waals surface area contributed by atoms with E-state index in [2.05, 4.69) is 10.5 Å². The molecule has 0 saturated heterocycles. The third-order valence-electron chi connectivity index (χ3n) is 3.78. The van der Waals surface area contributed by atoms with Gasteiger partial charge in [-0.1, -0.05) is 6.92 Å². The summed E-state index contributed by atoms with van der Waals surface area (Å²) in [6.45, 7) is 8.05. The van der Waals surface area contributed by atoms with Crippen LogP contribution < -0.4 is 0 Å². The maximum absolute atomic E-state index is 11.0. The van der Waals surface area contributed by atoms with Crippen LogP contribution in [0.3, 0.4) is 0 Å². The molecule has 1 aliphatic rings. The zero-order valence-corrected chi connectivity index (χ0v) is 12.5. The van der Waals surface area contributed by atoms with Crippen LogP contribution in [0.1, 0.15) is 47.0 Å². The molecular weight excluding hydrogens is 246 g/mol. The number of hydrogen-bond donors (Lipinski definition) is 1. The molecule has 0 aromatic heterocycles. The molecule has 0 amide bonds. The lowest BCUT2D eigenvalue weighted by molar-refractivity contribution is -0.146. The van der Waals surface area contributed by atoms with E-state index in [9.17, 15) is 4.79 Å². The van der Waals surface area contributed by atoms with Crippen LogP contribution in [0, 0.1) is 11.8 Å². The number of carbonyl (C=O) groups is 1. The molecule has 19 heavy (non-hydrogen) atoms. The molecule has 6 heteroatoms. The predicted octanol–water partition coefficient (Wildman–Crippen LogP) is 2.90. The second-order valence-electron chi connectivity index (χ2n) is 6.33. The third kappa shape index (κ3) is 4.69. The molecule has 0 aromatic carbocycles. The van der Waals surface area contributed by atoms with E-state index in [0.29, 0.717) is 6.42 Å². The number of aliphatic carboxylic acids is 1. The van der Waals surface area contributed by atoms with Gasteiger partial charge in [0.05, 0.1) is 11.5 Å². The second kappa shape index (κ2) is 6.21. The molecule has 3 atom stereocenters. The Hall–Kier alpha value is -1.33. The van der Waals surface area contributed by atoms with Crippen molar-refractivity contribution in [3.8, 4) is 0 Å². The number of carboxylic acids is 1. The first-order chi connectivity index (χ1) is 8.71. The van der Waals surface area contributed by atoms with Crippen LogP contribution in [-0.4, -0.2) is 34.8 Å². The first-order valence-corrected chi connectivity index (χ1v) is 6.75. The van der Waals surface area contributed by atoms with Crippen LogP contribution in [0.5, 0.6) is 0 Å². The molecule has 0 bridgehead atoms. The summed E-state index contributed by atoms with van der Waals surface area (Å²) in [5, 5.41) is 18.5. The van der Waals surface area contributed by atoms with Crippen LogP contribution in [-0.2, 0) is 9.63 Å². The molecule has 1 N–H and O–H groups in total. The minimum Gasteiger partial charge on any atom is -0.481 e. The summed E-state index contributed by atoms with van der Waals surface area (Å²) in [5.41, 5.74) is -0.0961. The summed E-state index contributed by atoms with van der Waals surface area (Å²) < 4.78 is 0. The van der Waals surface area contributed by atoms with Gasteiger partial charge in [0.1, 0.15) is 6.10 Å². The molecule has 0 aromatic rings. The molecule has 1 rings (SSSR count). The van der Waals surface area contributed by atoms with Crippen molar-refractivity contribution in [2.75, 3.05) is 7.05 Å². The predicted molar refractivity (Wildman–Crippen MR) is 71.4 cm³/mol. The van der Waals surface area contributed by atoms with E-state index >= 15 is 0 Å². The van der Waals surface area contributed by atoms with Gasteiger partial charge in [0.15, 0.2) is 0 Å². The molecule has 0 aliphatic heterocycles. The quantitative estimate of drug-likeness (QED) is 0.630. The monoisotopic (exact) mass is 271 g/mol. The molecule has 6 nitrogen and oxygen atoms in total. The summed E-state index contributed by atoms with van der Waals surface area (Å²) >= 11 is 0. The van der Waals surface area contributed by atoms with E-state index in [1.54, 1.807) is 5.01 Å². The first-order valence-electron chi connectivity index (χ1n) is 6.75. The topological polar surface area (TPSA) is 74.5 Å². The largest absolute Gasteiger partial charge is 0.481 e. The lowest BCUT2D eigenvalue weighted by atomic mass is 9.79. The standard InChI is InChI=1S/C13H25N3O3/c1-9-8-10(6-7-11(9)12(17)18)19-15-14-16(5)13(2,3)4/h9-11H,6-8H2,1-5H3,(H,17,18)/b15-14+/t9-,10+,11+/m0/s1. The molecule has 0 spiro atoms. The molecule has 0 radical (unpaired) electrons. The van der Waals surface area contributed by atoms with Crippen molar-refractivity contribution in [1.82, 2.24) is 5.01 Å². The lowest BCUT2D eigenvalue weighted by Gasteiger charge is -2.30. The molecule has 0 heterocycles. The maximum Gasteiger partial charge on any atom is 0.306 e. The van der Waals surface area contributed by atoms with Crippen molar-refractivity contribution < 1.29 is 14.7 Å².